The molecule has 2 aromatic rings. The fourth-order valence-corrected chi connectivity index (χ4v) is 2.08. The van der Waals surface area contributed by atoms with Gasteiger partial charge in [0.2, 0.25) is 5.91 Å². The molecule has 1 aromatic heterocycles. The summed E-state index contributed by atoms with van der Waals surface area (Å²) in [4.78, 5) is 15.7. The number of rotatable bonds is 4. The predicted molar refractivity (Wildman–Crippen MR) is 71.2 cm³/mol. The number of aliphatic hydroxyl groups excluding tert-OH is 1. The molecule has 1 atom stereocenters. The number of carbonyl (C=O) groups excluding carboxylic acids is 1. The maximum Gasteiger partial charge on any atom is 0.245 e. The minimum absolute atomic E-state index is 0.386. The van der Waals surface area contributed by atoms with E-state index in [1.807, 2.05) is 35.7 Å². The van der Waals surface area contributed by atoms with Crippen molar-refractivity contribution in [3.05, 3.63) is 35.7 Å². The van der Waals surface area contributed by atoms with Crippen molar-refractivity contribution >= 4 is 22.4 Å². The first kappa shape index (κ1) is 12.7. The molecule has 0 spiro atoms. The molecule has 2 rings (SSSR count). The van der Waals surface area contributed by atoms with Crippen LogP contribution in [0.5, 0.6) is 0 Å². The quantitative estimate of drug-likeness (QED) is 0.770. The van der Waals surface area contributed by atoms with Gasteiger partial charge in [0.25, 0.3) is 0 Å². The van der Waals surface area contributed by atoms with Crippen molar-refractivity contribution in [2.75, 3.05) is 11.9 Å². The highest BCUT2D eigenvalue weighted by Crippen LogP contribution is 2.24. The number of hydrogen-bond donors (Lipinski definition) is 3. The topological polar surface area (TPSA) is 88.2 Å². The maximum absolute atomic E-state index is 11.5. The summed E-state index contributed by atoms with van der Waals surface area (Å²) in [6.07, 6.45) is 0. The molecule has 0 saturated heterocycles. The maximum atomic E-state index is 11.5. The van der Waals surface area contributed by atoms with Crippen molar-refractivity contribution in [2.24, 2.45) is 5.73 Å². The Bertz CT molecular complexity index is 527. The summed E-state index contributed by atoms with van der Waals surface area (Å²) in [6.45, 7) is -0.386. The summed E-state index contributed by atoms with van der Waals surface area (Å²) in [5, 5.41) is 13.7. The molecule has 5 nitrogen and oxygen atoms in total. The van der Waals surface area contributed by atoms with Gasteiger partial charge in [-0.05, 0) is 0 Å². The van der Waals surface area contributed by atoms with Gasteiger partial charge in [-0.2, -0.15) is 0 Å². The summed E-state index contributed by atoms with van der Waals surface area (Å²) >= 11 is 1.32. The van der Waals surface area contributed by atoms with Crippen LogP contribution in [0, 0.1) is 0 Å². The third-order valence-electron chi connectivity index (χ3n) is 2.34. The Labute approximate surface area is 108 Å². The number of thiazole rings is 1. The zero-order valence-corrected chi connectivity index (χ0v) is 10.4. The summed E-state index contributed by atoms with van der Waals surface area (Å²) in [5.41, 5.74) is 7.18. The second kappa shape index (κ2) is 5.72. The molecule has 0 saturated carbocycles. The van der Waals surface area contributed by atoms with Crippen LogP contribution in [0.1, 0.15) is 0 Å². The fraction of sp³-hybridized carbons (Fsp3) is 0.167. The van der Waals surface area contributed by atoms with Gasteiger partial charge in [-0.15, -0.1) is 11.3 Å². The molecular formula is C12H13N3O2S. The second-order valence-electron chi connectivity index (χ2n) is 3.68. The number of aromatic nitrogens is 1. The molecule has 0 bridgehead atoms. The zero-order valence-electron chi connectivity index (χ0n) is 9.54. The van der Waals surface area contributed by atoms with Crippen LogP contribution in [0.4, 0.5) is 5.13 Å². The van der Waals surface area contributed by atoms with Crippen LogP contribution in [-0.4, -0.2) is 28.6 Å². The van der Waals surface area contributed by atoms with Gasteiger partial charge in [0.05, 0.1) is 12.3 Å². The van der Waals surface area contributed by atoms with Gasteiger partial charge in [-0.25, -0.2) is 4.98 Å². The van der Waals surface area contributed by atoms with Crippen LogP contribution in [0.2, 0.25) is 0 Å². The van der Waals surface area contributed by atoms with E-state index in [4.69, 9.17) is 10.8 Å². The van der Waals surface area contributed by atoms with E-state index in [2.05, 4.69) is 10.3 Å². The van der Waals surface area contributed by atoms with Gasteiger partial charge in [0.1, 0.15) is 6.04 Å². The number of benzene rings is 1. The number of amides is 1. The van der Waals surface area contributed by atoms with E-state index in [1.54, 1.807) is 0 Å². The average Bonchev–Trinajstić information content (AvgIpc) is 2.87. The molecule has 0 radical (unpaired) electrons. The molecule has 0 fully saturated rings. The number of hydrogen-bond acceptors (Lipinski definition) is 5. The number of aliphatic hydroxyl groups is 1. The molecule has 1 heterocycles. The van der Waals surface area contributed by atoms with E-state index in [1.165, 1.54) is 11.3 Å². The molecule has 0 aliphatic carbocycles. The highest BCUT2D eigenvalue weighted by atomic mass is 32.1. The monoisotopic (exact) mass is 263 g/mol. The van der Waals surface area contributed by atoms with Crippen LogP contribution in [0.25, 0.3) is 11.3 Å². The van der Waals surface area contributed by atoms with Gasteiger partial charge < -0.3 is 16.2 Å². The minimum Gasteiger partial charge on any atom is -0.394 e. The van der Waals surface area contributed by atoms with Gasteiger partial charge >= 0.3 is 0 Å². The van der Waals surface area contributed by atoms with E-state index in [0.29, 0.717) is 5.13 Å². The van der Waals surface area contributed by atoms with E-state index in [9.17, 15) is 4.79 Å². The Morgan fingerprint density at radius 1 is 1.44 bits per heavy atom. The Morgan fingerprint density at radius 3 is 2.83 bits per heavy atom. The summed E-state index contributed by atoms with van der Waals surface area (Å²) in [7, 11) is 0. The molecule has 1 aromatic carbocycles. The molecule has 94 valence electrons. The van der Waals surface area contributed by atoms with E-state index >= 15 is 0 Å². The standard InChI is InChI=1S/C12H13N3O2S/c13-9(6-16)11(17)15-12-14-10(7-18-12)8-4-2-1-3-5-8/h1-5,7,9,16H,6,13H2,(H,14,15,17). The molecule has 0 aliphatic rings. The highest BCUT2D eigenvalue weighted by Gasteiger charge is 2.14. The number of anilines is 1. The van der Waals surface area contributed by atoms with Gasteiger partial charge in [-0.1, -0.05) is 30.3 Å². The third-order valence-corrected chi connectivity index (χ3v) is 3.10. The minimum atomic E-state index is -0.922. The molecular weight excluding hydrogens is 250 g/mol. The lowest BCUT2D eigenvalue weighted by atomic mass is 10.2. The molecule has 1 unspecified atom stereocenters. The molecule has 4 N–H and O–H groups in total. The number of nitrogens with zero attached hydrogens (tertiary/aromatic N) is 1. The molecule has 0 aliphatic heterocycles. The summed E-state index contributed by atoms with van der Waals surface area (Å²) < 4.78 is 0. The Kier molecular flexibility index (Phi) is 4.03. The van der Waals surface area contributed by atoms with E-state index in [0.717, 1.165) is 11.3 Å². The van der Waals surface area contributed by atoms with Crippen LogP contribution >= 0.6 is 11.3 Å². The van der Waals surface area contributed by atoms with Gasteiger partial charge in [-0.3, -0.25) is 4.79 Å². The van der Waals surface area contributed by atoms with Gasteiger partial charge in [0, 0.05) is 10.9 Å². The fourth-order valence-electron chi connectivity index (χ4n) is 1.35. The summed E-state index contributed by atoms with van der Waals surface area (Å²) in [6, 6.07) is 8.75. The lowest BCUT2D eigenvalue weighted by molar-refractivity contribution is -0.118. The first-order chi connectivity index (χ1) is 8.70. The average molecular weight is 263 g/mol. The lowest BCUT2D eigenvalue weighted by Crippen LogP contribution is -2.38. The highest BCUT2D eigenvalue weighted by molar-refractivity contribution is 7.14. The molecule has 1 amide bonds. The van der Waals surface area contributed by atoms with E-state index < -0.39 is 11.9 Å². The molecule has 6 heteroatoms. The SMILES string of the molecule is NC(CO)C(=O)Nc1nc(-c2ccccc2)cs1. The Balaban J connectivity index is 2.10. The Morgan fingerprint density at radius 2 is 2.17 bits per heavy atom. The smallest absolute Gasteiger partial charge is 0.245 e. The normalized spacial score (nSPS) is 12.1. The molecule has 18 heavy (non-hydrogen) atoms. The summed E-state index contributed by atoms with van der Waals surface area (Å²) in [5.74, 6) is -0.438. The van der Waals surface area contributed by atoms with Gasteiger partial charge in [0.15, 0.2) is 5.13 Å². The van der Waals surface area contributed by atoms with Crippen molar-refractivity contribution in [2.45, 2.75) is 6.04 Å². The van der Waals surface area contributed by atoms with Crippen LogP contribution in [0.15, 0.2) is 35.7 Å². The van der Waals surface area contributed by atoms with Crippen molar-refractivity contribution in [3.63, 3.8) is 0 Å². The van der Waals surface area contributed by atoms with Crippen LogP contribution < -0.4 is 11.1 Å². The van der Waals surface area contributed by atoms with Crippen molar-refractivity contribution in [3.8, 4) is 11.3 Å². The van der Waals surface area contributed by atoms with Crippen molar-refractivity contribution in [1.82, 2.24) is 4.98 Å². The van der Waals surface area contributed by atoms with Crippen molar-refractivity contribution < 1.29 is 9.90 Å². The van der Waals surface area contributed by atoms with Crippen molar-refractivity contribution in [1.29, 1.82) is 0 Å². The van der Waals surface area contributed by atoms with Crippen LogP contribution in [-0.2, 0) is 4.79 Å². The first-order valence-electron chi connectivity index (χ1n) is 5.39. The van der Waals surface area contributed by atoms with E-state index in [-0.39, 0.29) is 6.61 Å². The number of nitrogens with two attached hydrogens (primary N) is 1. The zero-order chi connectivity index (χ0) is 13.0. The first-order valence-corrected chi connectivity index (χ1v) is 6.27. The number of nitrogens with one attached hydrogen (secondary N) is 1. The Hall–Kier alpha value is -1.76. The third kappa shape index (κ3) is 2.92. The van der Waals surface area contributed by atoms with Crippen LogP contribution in [0.3, 0.4) is 0 Å². The lowest BCUT2D eigenvalue weighted by Gasteiger charge is -2.06. The largest absolute Gasteiger partial charge is 0.394 e. The predicted octanol–water partition coefficient (Wildman–Crippen LogP) is 1.07. The second-order valence-corrected chi connectivity index (χ2v) is 4.54. The number of carbonyl (C=O) groups is 1.